The van der Waals surface area contributed by atoms with E-state index in [0.29, 0.717) is 0 Å². The second-order valence-electron chi connectivity index (χ2n) is 4.30. The number of nitrogens with one attached hydrogen (secondary N) is 1. The largest absolute Gasteiger partial charge is 0.691 e. The zero-order valence-electron chi connectivity index (χ0n) is 10.9. The molecule has 0 amide bonds. The summed E-state index contributed by atoms with van der Waals surface area (Å²) in [5.74, 6) is 0. The number of hydrogen-bond acceptors (Lipinski definition) is 5. The summed E-state index contributed by atoms with van der Waals surface area (Å²) in [6.07, 6.45) is 13.3. The van der Waals surface area contributed by atoms with Crippen LogP contribution < -0.4 is 9.98 Å². The van der Waals surface area contributed by atoms with Crippen molar-refractivity contribution in [1.29, 1.82) is 0 Å². The van der Waals surface area contributed by atoms with Crippen LogP contribution in [-0.2, 0) is 9.37 Å². The van der Waals surface area contributed by atoms with Crippen LogP contribution in [0.4, 0.5) is 0 Å². The minimum Gasteiger partial charge on any atom is -0.691 e. The van der Waals surface area contributed by atoms with E-state index in [1.807, 2.05) is 0 Å². The fourth-order valence-electron chi connectivity index (χ4n) is 1.76. The topological polar surface area (TPSA) is 53.5 Å². The van der Waals surface area contributed by atoms with Gasteiger partial charge in [0.15, 0.2) is 0 Å². The molecule has 0 spiro atoms. The van der Waals surface area contributed by atoms with Gasteiger partial charge in [-0.2, -0.15) is 4.33 Å². The van der Waals surface area contributed by atoms with E-state index < -0.39 is 0 Å². The minimum atomic E-state index is 0.848. The standard InChI is InChI=1S/C12H27NO3S/c1-2-3-4-5-6-7-8-9-10-11-12-13-17-16-15-14/h13-14H,2-12H2,1H3/p-1. The third-order valence-electron chi connectivity index (χ3n) is 2.75. The first kappa shape index (κ1) is 17.2. The Hall–Kier alpha value is 0.190. The van der Waals surface area contributed by atoms with E-state index in [1.165, 1.54) is 57.8 Å². The molecule has 0 aliphatic heterocycles. The molecule has 0 heterocycles. The third-order valence-corrected chi connectivity index (χ3v) is 3.20. The molecule has 5 heteroatoms. The molecule has 0 aromatic rings. The van der Waals surface area contributed by atoms with Gasteiger partial charge in [0.05, 0.1) is 0 Å². The molecule has 0 aromatic heterocycles. The van der Waals surface area contributed by atoms with Gasteiger partial charge < -0.3 is 5.26 Å². The summed E-state index contributed by atoms with van der Waals surface area (Å²) >= 11 is 0.848. The highest BCUT2D eigenvalue weighted by atomic mass is 32.2. The molecule has 0 atom stereocenters. The number of rotatable bonds is 14. The molecule has 0 fully saturated rings. The molecule has 17 heavy (non-hydrogen) atoms. The number of unbranched alkanes of at least 4 members (excludes halogenated alkanes) is 9. The van der Waals surface area contributed by atoms with Gasteiger partial charge in [-0.15, -0.1) is 0 Å². The van der Waals surface area contributed by atoms with Crippen molar-refractivity contribution in [1.82, 2.24) is 4.72 Å². The van der Waals surface area contributed by atoms with Crippen molar-refractivity contribution in [3.05, 3.63) is 0 Å². The van der Waals surface area contributed by atoms with Gasteiger partial charge in [0, 0.05) is 6.54 Å². The van der Waals surface area contributed by atoms with Crippen LogP contribution in [0.3, 0.4) is 0 Å². The van der Waals surface area contributed by atoms with Crippen molar-refractivity contribution in [3.8, 4) is 0 Å². The molecular weight excluding hydrogens is 238 g/mol. The van der Waals surface area contributed by atoms with Gasteiger partial charge in [-0.05, 0) is 6.42 Å². The second-order valence-corrected chi connectivity index (χ2v) is 4.89. The smallest absolute Gasteiger partial charge is 0.117 e. The van der Waals surface area contributed by atoms with Crippen molar-refractivity contribution >= 4 is 12.2 Å². The fraction of sp³-hybridized carbons (Fsp3) is 1.00. The normalized spacial score (nSPS) is 10.9. The molecule has 0 aliphatic carbocycles. The average molecular weight is 264 g/mol. The predicted molar refractivity (Wildman–Crippen MR) is 69.6 cm³/mol. The molecule has 0 bridgehead atoms. The maximum Gasteiger partial charge on any atom is 0.117 e. The highest BCUT2D eigenvalue weighted by Crippen LogP contribution is 2.10. The number of hydrogen-bond donors (Lipinski definition) is 1. The molecular formula is C12H26NO3S-. The summed E-state index contributed by atoms with van der Waals surface area (Å²) in [5.41, 5.74) is 0. The van der Waals surface area contributed by atoms with Crippen LogP contribution in [-0.4, -0.2) is 6.54 Å². The Morgan fingerprint density at radius 3 is 1.94 bits per heavy atom. The Labute approximate surface area is 110 Å². The lowest BCUT2D eigenvalue weighted by atomic mass is 10.1. The predicted octanol–water partition coefficient (Wildman–Crippen LogP) is 3.28. The van der Waals surface area contributed by atoms with Crippen LogP contribution in [0.2, 0.25) is 0 Å². The Bertz CT molecular complexity index is 125. The maximum absolute atomic E-state index is 9.45. The molecule has 0 aromatic carbocycles. The van der Waals surface area contributed by atoms with E-state index in [4.69, 9.17) is 0 Å². The fourth-order valence-corrected chi connectivity index (χ4v) is 2.07. The summed E-state index contributed by atoms with van der Waals surface area (Å²) in [4.78, 5) is 0. The summed E-state index contributed by atoms with van der Waals surface area (Å²) in [5, 5.41) is 12.6. The molecule has 104 valence electrons. The van der Waals surface area contributed by atoms with Crippen molar-refractivity contribution in [2.75, 3.05) is 6.54 Å². The van der Waals surface area contributed by atoms with Gasteiger partial charge in [-0.25, -0.2) is 4.72 Å². The van der Waals surface area contributed by atoms with Gasteiger partial charge in [0.1, 0.15) is 12.2 Å². The molecule has 0 rings (SSSR count). The monoisotopic (exact) mass is 264 g/mol. The highest BCUT2D eigenvalue weighted by molar-refractivity contribution is 7.92. The third kappa shape index (κ3) is 16.2. The first-order chi connectivity index (χ1) is 8.41. The zero-order chi connectivity index (χ0) is 12.6. The van der Waals surface area contributed by atoms with E-state index in [0.717, 1.165) is 25.2 Å². The lowest BCUT2D eigenvalue weighted by Gasteiger charge is -2.05. The lowest BCUT2D eigenvalue weighted by molar-refractivity contribution is -0.777. The molecule has 0 saturated heterocycles. The Kier molecular flexibility index (Phi) is 16.4. The Morgan fingerprint density at radius 1 is 0.882 bits per heavy atom. The van der Waals surface area contributed by atoms with Crippen LogP contribution in [0.1, 0.15) is 71.1 Å². The molecule has 4 nitrogen and oxygen atoms in total. The van der Waals surface area contributed by atoms with Crippen LogP contribution in [0.25, 0.3) is 0 Å². The van der Waals surface area contributed by atoms with Gasteiger partial charge in [-0.3, -0.25) is 5.04 Å². The zero-order valence-corrected chi connectivity index (χ0v) is 11.7. The SMILES string of the molecule is CCCCCCCCCCCCNSOO[O-]. The van der Waals surface area contributed by atoms with E-state index in [9.17, 15) is 5.26 Å². The van der Waals surface area contributed by atoms with Gasteiger partial charge in [0.2, 0.25) is 0 Å². The van der Waals surface area contributed by atoms with Gasteiger partial charge >= 0.3 is 0 Å². The minimum absolute atomic E-state index is 0.848. The van der Waals surface area contributed by atoms with Crippen molar-refractivity contribution < 1.29 is 14.6 Å². The van der Waals surface area contributed by atoms with Gasteiger partial charge in [0.25, 0.3) is 0 Å². The maximum atomic E-state index is 9.45. The van der Waals surface area contributed by atoms with Gasteiger partial charge in [-0.1, -0.05) is 64.7 Å². The Morgan fingerprint density at radius 2 is 1.41 bits per heavy atom. The first-order valence-electron chi connectivity index (χ1n) is 6.76. The van der Waals surface area contributed by atoms with E-state index in [-0.39, 0.29) is 0 Å². The van der Waals surface area contributed by atoms with Crippen LogP contribution in [0, 0.1) is 0 Å². The summed E-state index contributed by atoms with van der Waals surface area (Å²) in [6, 6.07) is 0. The van der Waals surface area contributed by atoms with E-state index in [2.05, 4.69) is 21.0 Å². The van der Waals surface area contributed by atoms with Crippen LogP contribution >= 0.6 is 12.2 Å². The first-order valence-corrected chi connectivity index (χ1v) is 7.51. The van der Waals surface area contributed by atoms with E-state index >= 15 is 0 Å². The molecule has 0 saturated carbocycles. The van der Waals surface area contributed by atoms with Crippen molar-refractivity contribution in [2.45, 2.75) is 71.1 Å². The quantitative estimate of drug-likeness (QED) is 0.171. The summed E-state index contributed by atoms with van der Waals surface area (Å²) in [7, 11) is 0. The molecule has 0 unspecified atom stereocenters. The van der Waals surface area contributed by atoms with Crippen molar-refractivity contribution in [2.24, 2.45) is 0 Å². The molecule has 0 aliphatic rings. The van der Waals surface area contributed by atoms with Crippen LogP contribution in [0.5, 0.6) is 0 Å². The average Bonchev–Trinajstić information content (AvgIpc) is 2.35. The van der Waals surface area contributed by atoms with Crippen molar-refractivity contribution in [3.63, 3.8) is 0 Å². The second kappa shape index (κ2) is 16.2. The molecule has 1 N–H and O–H groups in total. The van der Waals surface area contributed by atoms with E-state index in [1.54, 1.807) is 0 Å². The molecule has 0 radical (unpaired) electrons. The Balaban J connectivity index is 2.85. The highest BCUT2D eigenvalue weighted by Gasteiger charge is 1.93. The summed E-state index contributed by atoms with van der Waals surface area (Å²) < 4.78 is 6.96. The van der Waals surface area contributed by atoms with Crippen LogP contribution in [0.15, 0.2) is 0 Å². The summed E-state index contributed by atoms with van der Waals surface area (Å²) in [6.45, 7) is 3.10. The lowest BCUT2D eigenvalue weighted by Crippen LogP contribution is -2.09.